The molecule has 0 atom stereocenters. The third-order valence-corrected chi connectivity index (χ3v) is 4.33. The van der Waals surface area contributed by atoms with Gasteiger partial charge in [-0.25, -0.2) is 4.98 Å². The zero-order valence-electron chi connectivity index (χ0n) is 12.2. The SMILES string of the molecule is CCC1CCC(CNc2nccc(C#N)c2[N+](=O)[O-])CC1. The van der Waals surface area contributed by atoms with Crippen molar-refractivity contribution in [3.63, 3.8) is 0 Å². The molecule has 1 saturated carbocycles. The van der Waals surface area contributed by atoms with E-state index in [2.05, 4.69) is 17.2 Å². The Bertz CT molecular complexity index is 545. The molecule has 0 aliphatic heterocycles. The summed E-state index contributed by atoms with van der Waals surface area (Å²) in [4.78, 5) is 14.6. The topological polar surface area (TPSA) is 91.8 Å². The van der Waals surface area contributed by atoms with Gasteiger partial charge in [-0.15, -0.1) is 0 Å². The molecule has 0 radical (unpaired) electrons. The molecule has 0 saturated heterocycles. The van der Waals surface area contributed by atoms with Crippen molar-refractivity contribution in [3.05, 3.63) is 27.9 Å². The molecule has 0 aromatic carbocycles. The van der Waals surface area contributed by atoms with Crippen LogP contribution in [0, 0.1) is 33.3 Å². The standard InChI is InChI=1S/C15H20N4O2/c1-2-11-3-5-12(6-4-11)10-18-15-14(19(20)21)13(9-16)7-8-17-15/h7-8,11-12H,2-6,10H2,1H3,(H,17,18). The summed E-state index contributed by atoms with van der Waals surface area (Å²) in [6, 6.07) is 3.22. The zero-order chi connectivity index (χ0) is 15.2. The van der Waals surface area contributed by atoms with Crippen LogP contribution in [0.4, 0.5) is 11.5 Å². The Morgan fingerprint density at radius 2 is 2.10 bits per heavy atom. The maximum atomic E-state index is 11.1. The van der Waals surface area contributed by atoms with Crippen molar-refractivity contribution in [2.75, 3.05) is 11.9 Å². The van der Waals surface area contributed by atoms with Crippen LogP contribution in [-0.4, -0.2) is 16.5 Å². The first-order chi connectivity index (χ1) is 10.2. The maximum absolute atomic E-state index is 11.1. The second-order valence-electron chi connectivity index (χ2n) is 5.60. The predicted molar refractivity (Wildman–Crippen MR) is 79.8 cm³/mol. The van der Waals surface area contributed by atoms with Crippen molar-refractivity contribution < 1.29 is 4.92 Å². The van der Waals surface area contributed by atoms with E-state index in [1.54, 1.807) is 0 Å². The van der Waals surface area contributed by atoms with E-state index in [1.165, 1.54) is 31.5 Å². The Hall–Kier alpha value is -2.16. The Labute approximate surface area is 124 Å². The number of nitrogens with zero attached hydrogens (tertiary/aromatic N) is 3. The van der Waals surface area contributed by atoms with Gasteiger partial charge in [0.25, 0.3) is 0 Å². The van der Waals surface area contributed by atoms with Gasteiger partial charge in [-0.05, 0) is 30.7 Å². The Morgan fingerprint density at radius 1 is 1.43 bits per heavy atom. The summed E-state index contributed by atoms with van der Waals surface area (Å²) in [6.07, 6.45) is 7.43. The molecule has 1 aromatic rings. The van der Waals surface area contributed by atoms with Gasteiger partial charge in [0, 0.05) is 12.7 Å². The fourth-order valence-corrected chi connectivity index (χ4v) is 2.94. The second kappa shape index (κ2) is 7.02. The molecule has 0 bridgehead atoms. The van der Waals surface area contributed by atoms with E-state index in [0.29, 0.717) is 12.5 Å². The fraction of sp³-hybridized carbons (Fsp3) is 0.600. The van der Waals surface area contributed by atoms with Crippen molar-refractivity contribution in [2.24, 2.45) is 11.8 Å². The van der Waals surface area contributed by atoms with E-state index in [0.717, 1.165) is 18.8 Å². The number of pyridine rings is 1. The minimum absolute atomic E-state index is 0.0483. The van der Waals surface area contributed by atoms with Gasteiger partial charge in [-0.3, -0.25) is 10.1 Å². The predicted octanol–water partition coefficient (Wildman–Crippen LogP) is 3.49. The largest absolute Gasteiger partial charge is 0.364 e. The summed E-state index contributed by atoms with van der Waals surface area (Å²) in [5.41, 5.74) is -0.172. The first-order valence-corrected chi connectivity index (χ1v) is 7.43. The third-order valence-electron chi connectivity index (χ3n) is 4.33. The second-order valence-corrected chi connectivity index (χ2v) is 5.60. The molecule has 6 nitrogen and oxygen atoms in total. The Balaban J connectivity index is 2.01. The van der Waals surface area contributed by atoms with Crippen molar-refractivity contribution >= 4 is 11.5 Å². The highest BCUT2D eigenvalue weighted by Gasteiger charge is 2.23. The molecule has 6 heteroatoms. The van der Waals surface area contributed by atoms with Gasteiger partial charge in [-0.2, -0.15) is 5.26 Å². The van der Waals surface area contributed by atoms with Gasteiger partial charge in [0.1, 0.15) is 11.6 Å². The lowest BCUT2D eigenvalue weighted by atomic mass is 9.81. The Kier molecular flexibility index (Phi) is 5.09. The highest BCUT2D eigenvalue weighted by atomic mass is 16.6. The van der Waals surface area contributed by atoms with Gasteiger partial charge >= 0.3 is 5.69 Å². The van der Waals surface area contributed by atoms with Crippen LogP contribution >= 0.6 is 0 Å². The summed E-state index contributed by atoms with van der Waals surface area (Å²) in [5, 5.41) is 23.1. The van der Waals surface area contributed by atoms with Crippen LogP contribution in [0.25, 0.3) is 0 Å². The molecule has 112 valence electrons. The number of anilines is 1. The van der Waals surface area contributed by atoms with Crippen LogP contribution in [0.1, 0.15) is 44.6 Å². The average molecular weight is 288 g/mol. The number of nitriles is 1. The summed E-state index contributed by atoms with van der Waals surface area (Å²) in [7, 11) is 0. The highest BCUT2D eigenvalue weighted by molar-refractivity contribution is 5.64. The molecule has 2 rings (SSSR count). The van der Waals surface area contributed by atoms with Crippen molar-refractivity contribution in [1.82, 2.24) is 4.98 Å². The summed E-state index contributed by atoms with van der Waals surface area (Å²) in [5.74, 6) is 1.56. The van der Waals surface area contributed by atoms with Crippen LogP contribution in [0.2, 0.25) is 0 Å². The number of rotatable bonds is 5. The molecule has 1 heterocycles. The van der Waals surface area contributed by atoms with Crippen LogP contribution in [0.5, 0.6) is 0 Å². The van der Waals surface area contributed by atoms with Gasteiger partial charge < -0.3 is 5.32 Å². The minimum atomic E-state index is -0.540. The molecule has 0 unspecified atom stereocenters. The van der Waals surface area contributed by atoms with Crippen LogP contribution in [0.15, 0.2) is 12.3 Å². The molecule has 21 heavy (non-hydrogen) atoms. The third kappa shape index (κ3) is 3.69. The van der Waals surface area contributed by atoms with E-state index >= 15 is 0 Å². The van der Waals surface area contributed by atoms with E-state index in [-0.39, 0.29) is 17.1 Å². The maximum Gasteiger partial charge on any atom is 0.328 e. The first-order valence-electron chi connectivity index (χ1n) is 7.43. The van der Waals surface area contributed by atoms with Crippen molar-refractivity contribution in [2.45, 2.75) is 39.0 Å². The van der Waals surface area contributed by atoms with Gasteiger partial charge in [0.2, 0.25) is 5.82 Å². The van der Waals surface area contributed by atoms with Gasteiger partial charge in [-0.1, -0.05) is 26.2 Å². The van der Waals surface area contributed by atoms with Gasteiger partial charge in [0.15, 0.2) is 0 Å². The molecule has 1 aromatic heterocycles. The van der Waals surface area contributed by atoms with E-state index in [9.17, 15) is 10.1 Å². The highest BCUT2D eigenvalue weighted by Crippen LogP contribution is 2.32. The van der Waals surface area contributed by atoms with Crippen LogP contribution in [0.3, 0.4) is 0 Å². The summed E-state index contributed by atoms with van der Waals surface area (Å²) < 4.78 is 0. The van der Waals surface area contributed by atoms with Crippen LogP contribution < -0.4 is 5.32 Å². The summed E-state index contributed by atoms with van der Waals surface area (Å²) >= 11 is 0. The molecular formula is C15H20N4O2. The molecule has 1 aliphatic rings. The lowest BCUT2D eigenvalue weighted by molar-refractivity contribution is -0.384. The molecule has 0 spiro atoms. The van der Waals surface area contributed by atoms with Crippen molar-refractivity contribution in [1.29, 1.82) is 5.26 Å². The molecular weight excluding hydrogens is 268 g/mol. The van der Waals surface area contributed by atoms with Crippen LogP contribution in [-0.2, 0) is 0 Å². The first kappa shape index (κ1) is 15.2. The lowest BCUT2D eigenvalue weighted by Crippen LogP contribution is -2.21. The van der Waals surface area contributed by atoms with Gasteiger partial charge in [0.05, 0.1) is 4.92 Å². The molecule has 0 amide bonds. The minimum Gasteiger partial charge on any atom is -0.364 e. The number of aromatic nitrogens is 1. The van der Waals surface area contributed by atoms with E-state index in [1.807, 2.05) is 6.07 Å². The molecule has 1 N–H and O–H groups in total. The van der Waals surface area contributed by atoms with Crippen molar-refractivity contribution in [3.8, 4) is 6.07 Å². The number of nitrogens with one attached hydrogen (secondary N) is 1. The number of hydrogen-bond donors (Lipinski definition) is 1. The quantitative estimate of drug-likeness (QED) is 0.661. The monoisotopic (exact) mass is 288 g/mol. The Morgan fingerprint density at radius 3 is 2.67 bits per heavy atom. The fourth-order valence-electron chi connectivity index (χ4n) is 2.94. The number of nitro groups is 1. The normalized spacial score (nSPS) is 21.5. The molecule has 1 aliphatic carbocycles. The lowest BCUT2D eigenvalue weighted by Gasteiger charge is -2.27. The smallest absolute Gasteiger partial charge is 0.328 e. The van der Waals surface area contributed by atoms with E-state index < -0.39 is 4.92 Å². The molecule has 1 fully saturated rings. The summed E-state index contributed by atoms with van der Waals surface area (Å²) in [6.45, 7) is 2.91. The average Bonchev–Trinajstić information content (AvgIpc) is 2.52. The van der Waals surface area contributed by atoms with E-state index in [4.69, 9.17) is 5.26 Å². The number of hydrogen-bond acceptors (Lipinski definition) is 5. The zero-order valence-corrected chi connectivity index (χ0v) is 12.2.